The maximum Gasteiger partial charge on any atom is 0.120 e. The molecule has 94 valence electrons. The van der Waals surface area contributed by atoms with Crippen molar-refractivity contribution in [3.05, 3.63) is 23.5 Å². The minimum absolute atomic E-state index is 0.308. The smallest absolute Gasteiger partial charge is 0.120 e. The van der Waals surface area contributed by atoms with Crippen LogP contribution in [0.1, 0.15) is 31.5 Å². The van der Waals surface area contributed by atoms with E-state index in [-0.39, 0.29) is 0 Å². The van der Waals surface area contributed by atoms with E-state index in [0.717, 1.165) is 31.7 Å². The maximum atomic E-state index is 8.82. The number of nitrogens with one attached hydrogen (secondary N) is 1. The molecule has 0 atom stereocenters. The van der Waals surface area contributed by atoms with E-state index in [1.807, 2.05) is 37.7 Å². The molecule has 1 heterocycles. The van der Waals surface area contributed by atoms with E-state index in [1.165, 1.54) is 0 Å². The number of nitrogens with zero attached hydrogens (tertiary/aromatic N) is 2. The van der Waals surface area contributed by atoms with Gasteiger partial charge in [-0.15, -0.1) is 0 Å². The summed E-state index contributed by atoms with van der Waals surface area (Å²) in [6.07, 6.45) is 3.30. The van der Waals surface area contributed by atoms with Gasteiger partial charge in [0.15, 0.2) is 0 Å². The van der Waals surface area contributed by atoms with Crippen LogP contribution in [0.4, 0.5) is 0 Å². The largest absolute Gasteiger partial charge is 0.379 e. The Hall–Kier alpha value is -1.31. The molecule has 0 saturated carbocycles. The van der Waals surface area contributed by atoms with Crippen LogP contribution in [0.15, 0.2) is 12.3 Å². The van der Waals surface area contributed by atoms with Crippen LogP contribution in [0.2, 0.25) is 0 Å². The third-order valence-corrected chi connectivity index (χ3v) is 2.45. The SMILES string of the molecule is CC(C)OCCCNCc1cc(C#N)n(C)c1. The van der Waals surface area contributed by atoms with Gasteiger partial charge in [-0.3, -0.25) is 0 Å². The highest BCUT2D eigenvalue weighted by molar-refractivity contribution is 5.28. The Balaban J connectivity index is 2.16. The molecular formula is C13H21N3O. The lowest BCUT2D eigenvalue weighted by Crippen LogP contribution is -2.17. The number of nitriles is 1. The molecular weight excluding hydrogens is 214 g/mol. The van der Waals surface area contributed by atoms with Gasteiger partial charge in [0.25, 0.3) is 0 Å². The molecule has 0 aliphatic heterocycles. The van der Waals surface area contributed by atoms with E-state index in [1.54, 1.807) is 0 Å². The average molecular weight is 235 g/mol. The van der Waals surface area contributed by atoms with E-state index >= 15 is 0 Å². The highest BCUT2D eigenvalue weighted by Crippen LogP contribution is 2.05. The first-order valence-electron chi connectivity index (χ1n) is 6.01. The summed E-state index contributed by atoms with van der Waals surface area (Å²) in [6.45, 7) is 6.62. The van der Waals surface area contributed by atoms with Crippen LogP contribution in [-0.2, 0) is 18.3 Å². The van der Waals surface area contributed by atoms with Gasteiger partial charge in [0.1, 0.15) is 11.8 Å². The van der Waals surface area contributed by atoms with Crippen molar-refractivity contribution < 1.29 is 4.74 Å². The summed E-state index contributed by atoms with van der Waals surface area (Å²) in [7, 11) is 1.89. The fourth-order valence-corrected chi connectivity index (χ4v) is 1.59. The monoisotopic (exact) mass is 235 g/mol. The molecule has 0 spiro atoms. The molecule has 1 aromatic rings. The van der Waals surface area contributed by atoms with Gasteiger partial charge in [-0.2, -0.15) is 5.26 Å². The van der Waals surface area contributed by atoms with E-state index in [4.69, 9.17) is 10.00 Å². The number of ether oxygens (including phenoxy) is 1. The Bertz CT molecular complexity index is 377. The first-order chi connectivity index (χ1) is 8.13. The lowest BCUT2D eigenvalue weighted by atomic mass is 10.3. The average Bonchev–Trinajstić information content (AvgIpc) is 2.63. The Kier molecular flexibility index (Phi) is 5.75. The van der Waals surface area contributed by atoms with Crippen molar-refractivity contribution in [3.8, 4) is 6.07 Å². The fourth-order valence-electron chi connectivity index (χ4n) is 1.59. The molecule has 0 aliphatic rings. The molecule has 4 heteroatoms. The van der Waals surface area contributed by atoms with Gasteiger partial charge in [0.05, 0.1) is 6.10 Å². The number of hydrogen-bond acceptors (Lipinski definition) is 3. The lowest BCUT2D eigenvalue weighted by Gasteiger charge is -2.07. The standard InChI is InChI=1S/C13H21N3O/c1-11(2)17-6-4-5-15-9-12-7-13(8-14)16(3)10-12/h7,10-11,15H,4-6,9H2,1-3H3. The minimum atomic E-state index is 0.308. The van der Waals surface area contributed by atoms with Gasteiger partial charge in [0.2, 0.25) is 0 Å². The lowest BCUT2D eigenvalue weighted by molar-refractivity contribution is 0.0770. The molecule has 0 aliphatic carbocycles. The van der Waals surface area contributed by atoms with Gasteiger partial charge < -0.3 is 14.6 Å². The second-order valence-electron chi connectivity index (χ2n) is 4.41. The molecule has 17 heavy (non-hydrogen) atoms. The molecule has 1 aromatic heterocycles. The summed E-state index contributed by atoms with van der Waals surface area (Å²) >= 11 is 0. The van der Waals surface area contributed by atoms with Crippen molar-refractivity contribution in [2.75, 3.05) is 13.2 Å². The molecule has 0 amide bonds. The number of hydrogen-bond donors (Lipinski definition) is 1. The summed E-state index contributed by atoms with van der Waals surface area (Å²) in [5, 5.41) is 12.2. The molecule has 0 radical (unpaired) electrons. The fraction of sp³-hybridized carbons (Fsp3) is 0.615. The highest BCUT2D eigenvalue weighted by atomic mass is 16.5. The third-order valence-electron chi connectivity index (χ3n) is 2.45. The van der Waals surface area contributed by atoms with Gasteiger partial charge in [0, 0.05) is 26.4 Å². The maximum absolute atomic E-state index is 8.82. The molecule has 0 aromatic carbocycles. The van der Waals surface area contributed by atoms with Crippen molar-refractivity contribution in [2.45, 2.75) is 32.9 Å². The molecule has 0 saturated heterocycles. The molecule has 1 rings (SSSR count). The molecule has 0 fully saturated rings. The third kappa shape index (κ3) is 5.03. The van der Waals surface area contributed by atoms with Gasteiger partial charge in [-0.05, 0) is 38.4 Å². The second-order valence-corrected chi connectivity index (χ2v) is 4.41. The minimum Gasteiger partial charge on any atom is -0.379 e. The van der Waals surface area contributed by atoms with Crippen LogP contribution in [0.3, 0.4) is 0 Å². The van der Waals surface area contributed by atoms with E-state index in [9.17, 15) is 0 Å². The van der Waals surface area contributed by atoms with Crippen molar-refractivity contribution in [2.24, 2.45) is 7.05 Å². The van der Waals surface area contributed by atoms with Crippen LogP contribution < -0.4 is 5.32 Å². The Morgan fingerprint density at radius 2 is 2.29 bits per heavy atom. The zero-order valence-corrected chi connectivity index (χ0v) is 10.9. The van der Waals surface area contributed by atoms with E-state index in [0.29, 0.717) is 11.8 Å². The van der Waals surface area contributed by atoms with Crippen LogP contribution in [0, 0.1) is 11.3 Å². The summed E-state index contributed by atoms with van der Waals surface area (Å²) in [5.74, 6) is 0. The summed E-state index contributed by atoms with van der Waals surface area (Å²) in [5.41, 5.74) is 1.85. The predicted octanol–water partition coefficient (Wildman–Crippen LogP) is 1.80. The van der Waals surface area contributed by atoms with E-state index < -0.39 is 0 Å². The summed E-state index contributed by atoms with van der Waals surface area (Å²) < 4.78 is 7.29. The van der Waals surface area contributed by atoms with Crippen LogP contribution in [-0.4, -0.2) is 23.8 Å². The molecule has 4 nitrogen and oxygen atoms in total. The Labute approximate surface area is 103 Å². The van der Waals surface area contributed by atoms with Crippen molar-refractivity contribution >= 4 is 0 Å². The first-order valence-corrected chi connectivity index (χ1v) is 6.01. The van der Waals surface area contributed by atoms with Crippen molar-refractivity contribution in [1.29, 1.82) is 5.26 Å². The Morgan fingerprint density at radius 1 is 1.53 bits per heavy atom. The zero-order chi connectivity index (χ0) is 12.7. The second kappa shape index (κ2) is 7.10. The number of rotatable bonds is 7. The van der Waals surface area contributed by atoms with Crippen LogP contribution in [0.25, 0.3) is 0 Å². The van der Waals surface area contributed by atoms with Gasteiger partial charge in [-0.25, -0.2) is 0 Å². The quantitative estimate of drug-likeness (QED) is 0.733. The number of aryl methyl sites for hydroxylation is 1. The van der Waals surface area contributed by atoms with Gasteiger partial charge in [-0.1, -0.05) is 0 Å². The topological polar surface area (TPSA) is 50.0 Å². The molecule has 0 unspecified atom stereocenters. The summed E-state index contributed by atoms with van der Waals surface area (Å²) in [4.78, 5) is 0. The highest BCUT2D eigenvalue weighted by Gasteiger charge is 2.01. The van der Waals surface area contributed by atoms with E-state index in [2.05, 4.69) is 11.4 Å². The normalized spacial score (nSPS) is 10.8. The number of aromatic nitrogens is 1. The molecule has 0 bridgehead atoms. The Morgan fingerprint density at radius 3 is 2.88 bits per heavy atom. The van der Waals surface area contributed by atoms with Crippen LogP contribution in [0.5, 0.6) is 0 Å². The predicted molar refractivity (Wildman–Crippen MR) is 67.5 cm³/mol. The zero-order valence-electron chi connectivity index (χ0n) is 10.9. The first kappa shape index (κ1) is 13.8. The van der Waals surface area contributed by atoms with Crippen LogP contribution >= 0.6 is 0 Å². The summed E-state index contributed by atoms with van der Waals surface area (Å²) in [6, 6.07) is 4.07. The van der Waals surface area contributed by atoms with Crippen molar-refractivity contribution in [3.63, 3.8) is 0 Å². The molecule has 1 N–H and O–H groups in total. The van der Waals surface area contributed by atoms with Crippen molar-refractivity contribution in [1.82, 2.24) is 9.88 Å². The van der Waals surface area contributed by atoms with Gasteiger partial charge >= 0.3 is 0 Å².